The molecule has 0 aliphatic heterocycles. The molecule has 0 saturated heterocycles. The highest BCUT2D eigenvalue weighted by Crippen LogP contribution is 2.36. The number of hydrogen-bond donors (Lipinski definition) is 1. The van der Waals surface area contributed by atoms with Crippen LogP contribution in [-0.2, 0) is 13.1 Å². The number of hydrogen-bond acceptors (Lipinski definition) is 6. The normalized spacial score (nSPS) is 10.6. The maximum absolute atomic E-state index is 5.30. The Morgan fingerprint density at radius 1 is 1.25 bits per heavy atom. The molecule has 0 fully saturated rings. The molecule has 1 heterocycles. The van der Waals surface area contributed by atoms with Crippen molar-refractivity contribution in [3.8, 4) is 11.5 Å². The number of benzene rings is 1. The molecular formula is C13H16BrN3O3. The van der Waals surface area contributed by atoms with Crippen molar-refractivity contribution in [1.29, 1.82) is 0 Å². The zero-order chi connectivity index (χ0) is 14.5. The molecule has 20 heavy (non-hydrogen) atoms. The number of methoxy groups -OCH3 is 2. The molecule has 0 atom stereocenters. The number of rotatable bonds is 6. The van der Waals surface area contributed by atoms with Gasteiger partial charge >= 0.3 is 0 Å². The SMILES string of the molecule is COc1cc(CNCc2nc(C)no2)cc(Br)c1OC. The molecule has 6 nitrogen and oxygen atoms in total. The lowest BCUT2D eigenvalue weighted by atomic mass is 10.2. The Morgan fingerprint density at radius 3 is 2.65 bits per heavy atom. The molecule has 0 spiro atoms. The van der Waals surface area contributed by atoms with Crippen molar-refractivity contribution in [3.63, 3.8) is 0 Å². The highest BCUT2D eigenvalue weighted by atomic mass is 79.9. The number of ether oxygens (including phenoxy) is 2. The Labute approximate surface area is 125 Å². The smallest absolute Gasteiger partial charge is 0.240 e. The van der Waals surface area contributed by atoms with Crippen LogP contribution in [0.3, 0.4) is 0 Å². The van der Waals surface area contributed by atoms with E-state index in [0.29, 0.717) is 36.3 Å². The van der Waals surface area contributed by atoms with Gasteiger partial charge in [-0.2, -0.15) is 4.98 Å². The summed E-state index contributed by atoms with van der Waals surface area (Å²) in [6.07, 6.45) is 0. The van der Waals surface area contributed by atoms with Gasteiger partial charge in [0.25, 0.3) is 0 Å². The third-order valence-corrected chi connectivity index (χ3v) is 3.26. The summed E-state index contributed by atoms with van der Waals surface area (Å²) in [4.78, 5) is 4.13. The third kappa shape index (κ3) is 3.49. The van der Waals surface area contributed by atoms with E-state index in [4.69, 9.17) is 14.0 Å². The van der Waals surface area contributed by atoms with Gasteiger partial charge in [0.15, 0.2) is 17.3 Å². The largest absolute Gasteiger partial charge is 0.493 e. The predicted octanol–water partition coefficient (Wildman–Crippen LogP) is 2.45. The highest BCUT2D eigenvalue weighted by molar-refractivity contribution is 9.10. The quantitative estimate of drug-likeness (QED) is 0.870. The summed E-state index contributed by atoms with van der Waals surface area (Å²) in [6, 6.07) is 3.91. The number of aryl methyl sites for hydroxylation is 1. The van der Waals surface area contributed by atoms with Crippen LogP contribution in [0.1, 0.15) is 17.3 Å². The van der Waals surface area contributed by atoms with E-state index in [1.165, 1.54) is 0 Å². The molecule has 1 aromatic heterocycles. The van der Waals surface area contributed by atoms with Gasteiger partial charge in [-0.05, 0) is 40.5 Å². The van der Waals surface area contributed by atoms with Gasteiger partial charge < -0.3 is 19.3 Å². The molecule has 2 aromatic rings. The van der Waals surface area contributed by atoms with Crippen molar-refractivity contribution < 1.29 is 14.0 Å². The van der Waals surface area contributed by atoms with Gasteiger partial charge in [-0.15, -0.1) is 0 Å². The van der Waals surface area contributed by atoms with E-state index < -0.39 is 0 Å². The van der Waals surface area contributed by atoms with Crippen molar-refractivity contribution in [2.24, 2.45) is 0 Å². The highest BCUT2D eigenvalue weighted by Gasteiger charge is 2.10. The summed E-state index contributed by atoms with van der Waals surface area (Å²) in [5.74, 6) is 2.58. The fourth-order valence-electron chi connectivity index (χ4n) is 1.80. The van der Waals surface area contributed by atoms with Crippen LogP contribution in [0.2, 0.25) is 0 Å². The molecule has 0 amide bonds. The first kappa shape index (κ1) is 14.8. The van der Waals surface area contributed by atoms with Crippen molar-refractivity contribution in [3.05, 3.63) is 33.9 Å². The van der Waals surface area contributed by atoms with Crippen LogP contribution in [0.5, 0.6) is 11.5 Å². The fourth-order valence-corrected chi connectivity index (χ4v) is 2.45. The van der Waals surface area contributed by atoms with E-state index in [1.54, 1.807) is 21.1 Å². The second-order valence-corrected chi connectivity index (χ2v) is 5.01. The van der Waals surface area contributed by atoms with Gasteiger partial charge in [0.2, 0.25) is 5.89 Å². The average molecular weight is 342 g/mol. The van der Waals surface area contributed by atoms with Gasteiger partial charge in [-0.1, -0.05) is 5.16 Å². The molecule has 0 aliphatic carbocycles. The van der Waals surface area contributed by atoms with Gasteiger partial charge in [0.1, 0.15) is 0 Å². The van der Waals surface area contributed by atoms with E-state index in [0.717, 1.165) is 10.0 Å². The minimum atomic E-state index is 0.521. The van der Waals surface area contributed by atoms with Crippen LogP contribution in [0.25, 0.3) is 0 Å². The minimum Gasteiger partial charge on any atom is -0.493 e. The minimum absolute atomic E-state index is 0.521. The molecule has 2 rings (SSSR count). The molecule has 0 saturated carbocycles. The molecule has 108 valence electrons. The Kier molecular flexibility index (Phi) is 4.97. The Balaban J connectivity index is 2.01. The number of nitrogens with zero attached hydrogens (tertiary/aromatic N) is 2. The van der Waals surface area contributed by atoms with E-state index in [9.17, 15) is 0 Å². The maximum atomic E-state index is 5.30. The second kappa shape index (κ2) is 6.71. The first-order chi connectivity index (χ1) is 9.63. The van der Waals surface area contributed by atoms with E-state index in [1.807, 2.05) is 12.1 Å². The van der Waals surface area contributed by atoms with Gasteiger partial charge in [0.05, 0.1) is 25.2 Å². The van der Waals surface area contributed by atoms with Gasteiger partial charge in [-0.25, -0.2) is 0 Å². The van der Waals surface area contributed by atoms with Crippen LogP contribution in [0.4, 0.5) is 0 Å². The van der Waals surface area contributed by atoms with E-state index >= 15 is 0 Å². The van der Waals surface area contributed by atoms with Crippen molar-refractivity contribution in [2.75, 3.05) is 14.2 Å². The zero-order valence-corrected chi connectivity index (χ0v) is 13.2. The van der Waals surface area contributed by atoms with Crippen LogP contribution >= 0.6 is 15.9 Å². The van der Waals surface area contributed by atoms with Crippen LogP contribution in [0, 0.1) is 6.92 Å². The van der Waals surface area contributed by atoms with Crippen molar-refractivity contribution >= 4 is 15.9 Å². The Morgan fingerprint density at radius 2 is 2.05 bits per heavy atom. The predicted molar refractivity (Wildman–Crippen MR) is 76.8 cm³/mol. The topological polar surface area (TPSA) is 69.4 Å². The van der Waals surface area contributed by atoms with E-state index in [-0.39, 0.29) is 0 Å². The molecule has 0 radical (unpaired) electrons. The van der Waals surface area contributed by atoms with Crippen molar-refractivity contribution in [1.82, 2.24) is 15.5 Å². The molecule has 0 aliphatic rings. The molecule has 0 unspecified atom stereocenters. The zero-order valence-electron chi connectivity index (χ0n) is 11.6. The summed E-state index contributed by atoms with van der Waals surface area (Å²) < 4.78 is 16.5. The maximum Gasteiger partial charge on any atom is 0.240 e. The van der Waals surface area contributed by atoms with Crippen LogP contribution in [-0.4, -0.2) is 24.4 Å². The second-order valence-electron chi connectivity index (χ2n) is 4.15. The first-order valence-corrected chi connectivity index (χ1v) is 6.83. The summed E-state index contributed by atoms with van der Waals surface area (Å²) >= 11 is 3.47. The lowest BCUT2D eigenvalue weighted by Gasteiger charge is -2.12. The number of nitrogens with one attached hydrogen (secondary N) is 1. The molecule has 0 bridgehead atoms. The summed E-state index contributed by atoms with van der Waals surface area (Å²) in [5, 5.41) is 6.97. The van der Waals surface area contributed by atoms with Gasteiger partial charge in [0, 0.05) is 6.54 Å². The summed E-state index contributed by atoms with van der Waals surface area (Å²) in [7, 11) is 3.22. The number of aromatic nitrogens is 2. The summed E-state index contributed by atoms with van der Waals surface area (Å²) in [6.45, 7) is 2.96. The molecule has 7 heteroatoms. The monoisotopic (exact) mass is 341 g/mol. The van der Waals surface area contributed by atoms with Crippen molar-refractivity contribution in [2.45, 2.75) is 20.0 Å². The van der Waals surface area contributed by atoms with Crippen LogP contribution in [0.15, 0.2) is 21.1 Å². The van der Waals surface area contributed by atoms with Crippen LogP contribution < -0.4 is 14.8 Å². The standard InChI is InChI=1S/C13H16BrN3O3/c1-8-16-12(20-17-8)7-15-6-9-4-10(14)13(19-3)11(5-9)18-2/h4-5,15H,6-7H2,1-3H3. The third-order valence-electron chi connectivity index (χ3n) is 2.67. The van der Waals surface area contributed by atoms with E-state index in [2.05, 4.69) is 31.4 Å². The van der Waals surface area contributed by atoms with Gasteiger partial charge in [-0.3, -0.25) is 0 Å². The lowest BCUT2D eigenvalue weighted by Crippen LogP contribution is -2.13. The Bertz CT molecular complexity index is 586. The average Bonchev–Trinajstić information content (AvgIpc) is 2.83. The first-order valence-electron chi connectivity index (χ1n) is 6.04. The Hall–Kier alpha value is -1.60. The fraction of sp³-hybridized carbons (Fsp3) is 0.385. The summed E-state index contributed by atoms with van der Waals surface area (Å²) in [5.41, 5.74) is 1.06. The molecule has 1 aromatic carbocycles. The molecular weight excluding hydrogens is 326 g/mol. The molecule has 1 N–H and O–H groups in total. The lowest BCUT2D eigenvalue weighted by molar-refractivity contribution is 0.352. The number of halogens is 1.